The van der Waals surface area contributed by atoms with Gasteiger partial charge in [-0.3, -0.25) is 9.59 Å². The third-order valence-electron chi connectivity index (χ3n) is 5.58. The van der Waals surface area contributed by atoms with Gasteiger partial charge in [-0.25, -0.2) is 0 Å². The molecule has 0 bridgehead atoms. The molecule has 0 aromatic carbocycles. The summed E-state index contributed by atoms with van der Waals surface area (Å²) in [7, 11) is 1.32. The lowest BCUT2D eigenvalue weighted by Crippen LogP contribution is -2.09. The second-order valence-electron chi connectivity index (χ2n) is 9.17. The SMILES string of the molecule is COC(=O)CCC(=O)OC/C=C(\C)CCC[C@H](C)CCC[C@H](C)CCCC(C)C. The van der Waals surface area contributed by atoms with Crippen LogP contribution in [0.5, 0.6) is 0 Å². The summed E-state index contributed by atoms with van der Waals surface area (Å²) >= 11 is 0. The molecule has 0 aliphatic carbocycles. The summed E-state index contributed by atoms with van der Waals surface area (Å²) in [5, 5.41) is 0. The molecule has 2 atom stereocenters. The number of hydrogen-bond acceptors (Lipinski definition) is 4. The van der Waals surface area contributed by atoms with Crippen LogP contribution in [-0.4, -0.2) is 25.7 Å². The van der Waals surface area contributed by atoms with Crippen LogP contribution in [0.2, 0.25) is 0 Å². The van der Waals surface area contributed by atoms with Crippen molar-refractivity contribution in [1.82, 2.24) is 0 Å². The molecule has 0 aromatic rings. The van der Waals surface area contributed by atoms with Crippen LogP contribution in [0.3, 0.4) is 0 Å². The zero-order valence-electron chi connectivity index (χ0n) is 19.9. The first-order valence-corrected chi connectivity index (χ1v) is 11.6. The minimum atomic E-state index is -0.386. The zero-order chi connectivity index (χ0) is 22.1. The monoisotopic (exact) mass is 410 g/mol. The van der Waals surface area contributed by atoms with Crippen molar-refractivity contribution in [2.75, 3.05) is 13.7 Å². The molecule has 0 aromatic heterocycles. The minimum absolute atomic E-state index is 0.0760. The van der Waals surface area contributed by atoms with E-state index in [4.69, 9.17) is 4.74 Å². The third-order valence-corrected chi connectivity index (χ3v) is 5.58. The number of methoxy groups -OCH3 is 1. The molecule has 4 nitrogen and oxygen atoms in total. The van der Waals surface area contributed by atoms with Crippen molar-refractivity contribution in [3.8, 4) is 0 Å². The average molecular weight is 411 g/mol. The Morgan fingerprint density at radius 2 is 1.28 bits per heavy atom. The van der Waals surface area contributed by atoms with Gasteiger partial charge in [0.2, 0.25) is 0 Å². The summed E-state index contributed by atoms with van der Waals surface area (Å²) in [5.41, 5.74) is 1.26. The van der Waals surface area contributed by atoms with Crippen LogP contribution < -0.4 is 0 Å². The fourth-order valence-corrected chi connectivity index (χ4v) is 3.46. The molecule has 0 amide bonds. The minimum Gasteiger partial charge on any atom is -0.469 e. The second-order valence-corrected chi connectivity index (χ2v) is 9.17. The molecule has 0 aliphatic heterocycles. The lowest BCUT2D eigenvalue weighted by atomic mass is 9.91. The van der Waals surface area contributed by atoms with Gasteiger partial charge in [0.25, 0.3) is 0 Å². The molecule has 0 saturated heterocycles. The quantitative estimate of drug-likeness (QED) is 0.194. The number of hydrogen-bond donors (Lipinski definition) is 0. The van der Waals surface area contributed by atoms with Crippen LogP contribution >= 0.6 is 0 Å². The molecule has 0 radical (unpaired) electrons. The highest BCUT2D eigenvalue weighted by Gasteiger charge is 2.08. The molecule has 0 N–H and O–H groups in total. The molecular formula is C25H46O4. The summed E-state index contributed by atoms with van der Waals surface area (Å²) in [5.74, 6) is 1.73. The van der Waals surface area contributed by atoms with Gasteiger partial charge in [0, 0.05) is 0 Å². The van der Waals surface area contributed by atoms with Gasteiger partial charge < -0.3 is 9.47 Å². The van der Waals surface area contributed by atoms with Crippen molar-refractivity contribution in [3.63, 3.8) is 0 Å². The van der Waals surface area contributed by atoms with E-state index in [1.54, 1.807) is 0 Å². The molecule has 0 saturated carbocycles. The van der Waals surface area contributed by atoms with Crippen LogP contribution in [0, 0.1) is 17.8 Å². The van der Waals surface area contributed by atoms with E-state index in [0.29, 0.717) is 0 Å². The summed E-state index contributed by atoms with van der Waals surface area (Å²) in [6.07, 6.45) is 13.8. The van der Waals surface area contributed by atoms with Crippen LogP contribution in [0.15, 0.2) is 11.6 Å². The maximum atomic E-state index is 11.5. The smallest absolute Gasteiger partial charge is 0.306 e. The van der Waals surface area contributed by atoms with Gasteiger partial charge in [-0.2, -0.15) is 0 Å². The van der Waals surface area contributed by atoms with Gasteiger partial charge in [-0.15, -0.1) is 0 Å². The molecule has 0 aliphatic rings. The normalized spacial score (nSPS) is 14.0. The average Bonchev–Trinajstić information content (AvgIpc) is 2.65. The highest BCUT2D eigenvalue weighted by atomic mass is 16.5. The summed E-state index contributed by atoms with van der Waals surface area (Å²) in [6.45, 7) is 11.8. The predicted molar refractivity (Wildman–Crippen MR) is 121 cm³/mol. The maximum absolute atomic E-state index is 11.5. The van der Waals surface area contributed by atoms with E-state index in [0.717, 1.165) is 24.2 Å². The molecule has 0 fully saturated rings. The molecule has 0 unspecified atom stereocenters. The molecule has 29 heavy (non-hydrogen) atoms. The fourth-order valence-electron chi connectivity index (χ4n) is 3.46. The van der Waals surface area contributed by atoms with Crippen molar-refractivity contribution in [3.05, 3.63) is 11.6 Å². The fraction of sp³-hybridized carbons (Fsp3) is 0.840. The zero-order valence-corrected chi connectivity index (χ0v) is 19.9. The lowest BCUT2D eigenvalue weighted by Gasteiger charge is -2.15. The molecule has 0 heterocycles. The van der Waals surface area contributed by atoms with E-state index in [1.165, 1.54) is 64.0 Å². The number of ether oxygens (including phenoxy) is 2. The highest BCUT2D eigenvalue weighted by Crippen LogP contribution is 2.22. The van der Waals surface area contributed by atoms with E-state index in [1.807, 2.05) is 6.08 Å². The molecule has 0 spiro atoms. The Hall–Kier alpha value is -1.32. The molecular weight excluding hydrogens is 364 g/mol. The Morgan fingerprint density at radius 3 is 1.83 bits per heavy atom. The van der Waals surface area contributed by atoms with Gasteiger partial charge in [0.15, 0.2) is 0 Å². The van der Waals surface area contributed by atoms with Crippen molar-refractivity contribution in [2.45, 2.75) is 105 Å². The molecule has 0 rings (SSSR count). The molecule has 4 heteroatoms. The van der Waals surface area contributed by atoms with Crippen LogP contribution in [0.1, 0.15) is 105 Å². The number of esters is 2. The predicted octanol–water partition coefficient (Wildman–Crippen LogP) is 6.87. The van der Waals surface area contributed by atoms with Crippen LogP contribution in [0.25, 0.3) is 0 Å². The van der Waals surface area contributed by atoms with Gasteiger partial charge in [-0.1, -0.05) is 78.2 Å². The van der Waals surface area contributed by atoms with E-state index in [-0.39, 0.29) is 31.4 Å². The first-order valence-electron chi connectivity index (χ1n) is 11.6. The van der Waals surface area contributed by atoms with Crippen molar-refractivity contribution in [1.29, 1.82) is 0 Å². The maximum Gasteiger partial charge on any atom is 0.306 e. The second kappa shape index (κ2) is 17.5. The van der Waals surface area contributed by atoms with Crippen molar-refractivity contribution < 1.29 is 19.1 Å². The largest absolute Gasteiger partial charge is 0.469 e. The third kappa shape index (κ3) is 18.4. The van der Waals surface area contributed by atoms with Gasteiger partial charge in [0.05, 0.1) is 20.0 Å². The van der Waals surface area contributed by atoms with Crippen LogP contribution in [-0.2, 0) is 19.1 Å². The Balaban J connectivity index is 3.73. The Morgan fingerprint density at radius 1 is 0.759 bits per heavy atom. The van der Waals surface area contributed by atoms with Crippen LogP contribution in [0.4, 0.5) is 0 Å². The number of carbonyl (C=O) groups is 2. The number of allylic oxidation sites excluding steroid dienone is 1. The summed E-state index contributed by atoms with van der Waals surface area (Å²) in [4.78, 5) is 22.5. The standard InChI is InChI=1S/C25H46O4/c1-20(2)10-7-11-21(3)12-8-13-22(4)14-9-15-23(5)18-19-29-25(27)17-16-24(26)28-6/h18,20-22H,7-17,19H2,1-6H3/b23-18+/t21-,22-/m1/s1. The highest BCUT2D eigenvalue weighted by molar-refractivity contribution is 5.77. The van der Waals surface area contributed by atoms with E-state index in [9.17, 15) is 9.59 Å². The van der Waals surface area contributed by atoms with E-state index < -0.39 is 0 Å². The Labute approximate surface area is 179 Å². The van der Waals surface area contributed by atoms with Gasteiger partial charge >= 0.3 is 11.9 Å². The van der Waals surface area contributed by atoms with Gasteiger partial charge in [-0.05, 0) is 43.6 Å². The summed E-state index contributed by atoms with van der Waals surface area (Å²) in [6, 6.07) is 0. The van der Waals surface area contributed by atoms with Crippen molar-refractivity contribution >= 4 is 11.9 Å². The summed E-state index contributed by atoms with van der Waals surface area (Å²) < 4.78 is 9.64. The lowest BCUT2D eigenvalue weighted by molar-refractivity contribution is -0.148. The van der Waals surface area contributed by atoms with E-state index >= 15 is 0 Å². The molecule has 170 valence electrons. The van der Waals surface area contributed by atoms with Crippen molar-refractivity contribution in [2.24, 2.45) is 17.8 Å². The van der Waals surface area contributed by atoms with E-state index in [2.05, 4.69) is 39.4 Å². The first-order chi connectivity index (χ1) is 13.7. The topological polar surface area (TPSA) is 52.6 Å². The Bertz CT molecular complexity index is 467. The number of rotatable bonds is 17. The number of carbonyl (C=O) groups excluding carboxylic acids is 2. The first kappa shape index (κ1) is 27.7. The Kier molecular flexibility index (Phi) is 16.7. The van der Waals surface area contributed by atoms with Gasteiger partial charge in [0.1, 0.15) is 6.61 Å².